The highest BCUT2D eigenvalue weighted by atomic mass is 32.2. The van der Waals surface area contributed by atoms with Crippen molar-refractivity contribution in [3.8, 4) is 0 Å². The van der Waals surface area contributed by atoms with E-state index in [2.05, 4.69) is 38.7 Å². The SMILES string of the molecule is C[C@H](NC(=O)c1ccccc1Sc1ccc2c(/C=C/c3ccccn3)n[nH]c2c1)c1ccccc1. The lowest BCUT2D eigenvalue weighted by Gasteiger charge is -2.16. The fraction of sp³-hybridized carbons (Fsp3) is 0.0690. The minimum absolute atomic E-state index is 0.0827. The molecule has 2 N–H and O–H groups in total. The molecule has 0 saturated carbocycles. The van der Waals surface area contributed by atoms with Gasteiger partial charge in [-0.05, 0) is 67.1 Å². The molecule has 2 heterocycles. The lowest BCUT2D eigenvalue weighted by molar-refractivity contribution is 0.0937. The van der Waals surface area contributed by atoms with Gasteiger partial charge in [0.1, 0.15) is 0 Å². The first kappa shape index (κ1) is 22.6. The Morgan fingerprint density at radius 1 is 0.943 bits per heavy atom. The van der Waals surface area contributed by atoms with Gasteiger partial charge >= 0.3 is 0 Å². The molecule has 0 bridgehead atoms. The molecule has 172 valence electrons. The summed E-state index contributed by atoms with van der Waals surface area (Å²) in [6.07, 6.45) is 5.68. The summed E-state index contributed by atoms with van der Waals surface area (Å²) in [5, 5.41) is 11.7. The van der Waals surface area contributed by atoms with E-state index >= 15 is 0 Å². The van der Waals surface area contributed by atoms with Crippen LogP contribution in [0.15, 0.2) is 107 Å². The molecule has 0 aliphatic rings. The Kier molecular flexibility index (Phi) is 6.73. The summed E-state index contributed by atoms with van der Waals surface area (Å²) >= 11 is 1.56. The second-order valence-corrected chi connectivity index (χ2v) is 9.22. The third-order valence-electron chi connectivity index (χ3n) is 5.67. The molecule has 5 rings (SSSR count). The topological polar surface area (TPSA) is 70.7 Å². The van der Waals surface area contributed by atoms with Gasteiger partial charge in [-0.3, -0.25) is 14.9 Å². The average Bonchev–Trinajstić information content (AvgIpc) is 3.31. The zero-order valence-electron chi connectivity index (χ0n) is 19.2. The second-order valence-electron chi connectivity index (χ2n) is 8.11. The molecule has 1 atom stereocenters. The molecule has 0 fully saturated rings. The summed E-state index contributed by atoms with van der Waals surface area (Å²) in [6, 6.07) is 29.6. The third kappa shape index (κ3) is 5.34. The second kappa shape index (κ2) is 10.4. The molecular formula is C29H24N4OS. The van der Waals surface area contributed by atoms with Crippen LogP contribution in [0.2, 0.25) is 0 Å². The normalized spacial score (nSPS) is 12.1. The molecule has 0 radical (unpaired) electrons. The van der Waals surface area contributed by atoms with Crippen molar-refractivity contribution in [2.45, 2.75) is 22.8 Å². The van der Waals surface area contributed by atoms with E-state index in [0.29, 0.717) is 5.56 Å². The Balaban J connectivity index is 1.34. The van der Waals surface area contributed by atoms with Gasteiger partial charge in [0.25, 0.3) is 5.91 Å². The highest BCUT2D eigenvalue weighted by molar-refractivity contribution is 7.99. The number of pyridine rings is 1. The van der Waals surface area contributed by atoms with Gasteiger partial charge in [-0.1, -0.05) is 60.3 Å². The largest absolute Gasteiger partial charge is 0.345 e. The molecular weight excluding hydrogens is 452 g/mol. The van der Waals surface area contributed by atoms with Crippen molar-refractivity contribution in [2.24, 2.45) is 0 Å². The number of carbonyl (C=O) groups excluding carboxylic acids is 1. The summed E-state index contributed by atoms with van der Waals surface area (Å²) in [6.45, 7) is 2.00. The number of fused-ring (bicyclic) bond motifs is 1. The number of nitrogens with one attached hydrogen (secondary N) is 2. The van der Waals surface area contributed by atoms with Crippen LogP contribution in [0, 0.1) is 0 Å². The number of carbonyl (C=O) groups is 1. The van der Waals surface area contributed by atoms with Crippen molar-refractivity contribution in [1.82, 2.24) is 20.5 Å². The van der Waals surface area contributed by atoms with Gasteiger partial charge in [0.05, 0.1) is 28.5 Å². The molecule has 0 saturated heterocycles. The van der Waals surface area contributed by atoms with E-state index in [1.54, 1.807) is 18.0 Å². The predicted octanol–water partition coefficient (Wildman–Crippen LogP) is 6.77. The first-order chi connectivity index (χ1) is 17.2. The number of nitrogens with zero attached hydrogens (tertiary/aromatic N) is 2. The maximum Gasteiger partial charge on any atom is 0.252 e. The van der Waals surface area contributed by atoms with Crippen LogP contribution < -0.4 is 5.32 Å². The minimum Gasteiger partial charge on any atom is -0.345 e. The number of hydrogen-bond acceptors (Lipinski definition) is 4. The van der Waals surface area contributed by atoms with E-state index in [1.165, 1.54) is 0 Å². The fourth-order valence-electron chi connectivity index (χ4n) is 3.82. The maximum absolute atomic E-state index is 13.1. The number of aromatic amines is 1. The summed E-state index contributed by atoms with van der Waals surface area (Å²) in [4.78, 5) is 19.3. The molecule has 0 spiro atoms. The minimum atomic E-state index is -0.0889. The monoisotopic (exact) mass is 476 g/mol. The van der Waals surface area contributed by atoms with E-state index in [0.717, 1.165) is 37.6 Å². The Morgan fingerprint density at radius 3 is 2.57 bits per heavy atom. The number of H-pyrrole nitrogens is 1. The molecule has 5 nitrogen and oxygen atoms in total. The van der Waals surface area contributed by atoms with E-state index in [1.807, 2.05) is 91.9 Å². The summed E-state index contributed by atoms with van der Waals surface area (Å²) in [7, 11) is 0. The Labute approximate surface area is 208 Å². The van der Waals surface area contributed by atoms with Gasteiger partial charge in [0, 0.05) is 21.4 Å². The van der Waals surface area contributed by atoms with Crippen LogP contribution in [-0.2, 0) is 0 Å². The number of rotatable bonds is 7. The van der Waals surface area contributed by atoms with Gasteiger partial charge in [0.15, 0.2) is 0 Å². The van der Waals surface area contributed by atoms with Crippen LogP contribution in [0.5, 0.6) is 0 Å². The highest BCUT2D eigenvalue weighted by Gasteiger charge is 2.16. The molecule has 0 aliphatic heterocycles. The zero-order chi connectivity index (χ0) is 24.0. The van der Waals surface area contributed by atoms with Crippen molar-refractivity contribution in [3.05, 3.63) is 120 Å². The van der Waals surface area contributed by atoms with Crippen LogP contribution in [0.3, 0.4) is 0 Å². The Morgan fingerprint density at radius 2 is 1.74 bits per heavy atom. The first-order valence-corrected chi connectivity index (χ1v) is 12.2. The first-order valence-electron chi connectivity index (χ1n) is 11.4. The van der Waals surface area contributed by atoms with E-state index in [9.17, 15) is 4.79 Å². The van der Waals surface area contributed by atoms with Gasteiger partial charge in [-0.15, -0.1) is 0 Å². The maximum atomic E-state index is 13.1. The van der Waals surface area contributed by atoms with E-state index in [4.69, 9.17) is 0 Å². The number of hydrogen-bond donors (Lipinski definition) is 2. The molecule has 0 unspecified atom stereocenters. The Bertz CT molecular complexity index is 1480. The van der Waals surface area contributed by atoms with Gasteiger partial charge < -0.3 is 5.32 Å². The van der Waals surface area contributed by atoms with E-state index < -0.39 is 0 Å². The third-order valence-corrected chi connectivity index (χ3v) is 6.74. The molecule has 0 aliphatic carbocycles. The quantitative estimate of drug-likeness (QED) is 0.272. The smallest absolute Gasteiger partial charge is 0.252 e. The Hall–Kier alpha value is -4.16. The predicted molar refractivity (Wildman–Crippen MR) is 142 cm³/mol. The molecule has 2 aromatic heterocycles. The van der Waals surface area contributed by atoms with Gasteiger partial charge in [0.2, 0.25) is 0 Å². The highest BCUT2D eigenvalue weighted by Crippen LogP contribution is 2.33. The van der Waals surface area contributed by atoms with Crippen LogP contribution >= 0.6 is 11.8 Å². The number of aromatic nitrogens is 3. The molecule has 1 amide bonds. The zero-order valence-corrected chi connectivity index (χ0v) is 20.0. The van der Waals surface area contributed by atoms with E-state index in [-0.39, 0.29) is 11.9 Å². The molecule has 35 heavy (non-hydrogen) atoms. The molecule has 5 aromatic rings. The van der Waals surface area contributed by atoms with Crippen LogP contribution in [0.4, 0.5) is 0 Å². The van der Waals surface area contributed by atoms with Crippen LogP contribution in [0.25, 0.3) is 23.1 Å². The average molecular weight is 477 g/mol. The summed E-state index contributed by atoms with van der Waals surface area (Å²) < 4.78 is 0. The lowest BCUT2D eigenvalue weighted by atomic mass is 10.1. The van der Waals surface area contributed by atoms with Crippen molar-refractivity contribution >= 4 is 40.7 Å². The van der Waals surface area contributed by atoms with Crippen molar-refractivity contribution in [1.29, 1.82) is 0 Å². The fourth-order valence-corrected chi connectivity index (χ4v) is 4.80. The van der Waals surface area contributed by atoms with Gasteiger partial charge in [-0.2, -0.15) is 5.10 Å². The van der Waals surface area contributed by atoms with Crippen LogP contribution in [0.1, 0.15) is 40.3 Å². The van der Waals surface area contributed by atoms with Crippen molar-refractivity contribution < 1.29 is 4.79 Å². The van der Waals surface area contributed by atoms with Gasteiger partial charge in [-0.25, -0.2) is 0 Å². The number of benzene rings is 3. The lowest BCUT2D eigenvalue weighted by Crippen LogP contribution is -2.27. The van der Waals surface area contributed by atoms with Crippen molar-refractivity contribution in [3.63, 3.8) is 0 Å². The summed E-state index contributed by atoms with van der Waals surface area (Å²) in [5.74, 6) is -0.0889. The standard InChI is InChI=1S/C29H24N4OS/c1-20(21-9-3-2-4-10-21)31-29(34)25-12-5-6-13-28(25)35-23-15-16-24-26(32-33-27(24)19-23)17-14-22-11-7-8-18-30-22/h2-20H,1H3,(H,31,34)(H,32,33)/b17-14+/t20-/m0/s1. The van der Waals surface area contributed by atoms with Crippen LogP contribution in [-0.4, -0.2) is 21.1 Å². The molecule has 3 aromatic carbocycles. The van der Waals surface area contributed by atoms with Crippen molar-refractivity contribution in [2.75, 3.05) is 0 Å². The number of amides is 1. The summed E-state index contributed by atoms with van der Waals surface area (Å²) in [5.41, 5.74) is 4.41. The molecule has 6 heteroatoms.